The van der Waals surface area contributed by atoms with E-state index >= 15 is 0 Å². The molecule has 5 heteroatoms. The summed E-state index contributed by atoms with van der Waals surface area (Å²) in [4.78, 5) is 13.0. The van der Waals surface area contributed by atoms with Crippen molar-refractivity contribution in [3.8, 4) is 0 Å². The van der Waals surface area contributed by atoms with Crippen molar-refractivity contribution >= 4 is 0 Å². The van der Waals surface area contributed by atoms with Gasteiger partial charge < -0.3 is 0 Å². The Morgan fingerprint density at radius 3 is 3.00 bits per heavy atom. The van der Waals surface area contributed by atoms with Gasteiger partial charge in [0.05, 0.1) is 0 Å². The molecule has 4 nitrogen and oxygen atoms in total. The average Bonchev–Trinajstić information content (AvgIpc) is 1.85. The van der Waals surface area contributed by atoms with Gasteiger partial charge >= 0.3 is 0 Å². The first-order valence-electron chi connectivity index (χ1n) is 2.91. The van der Waals surface area contributed by atoms with Crippen molar-refractivity contribution < 1.29 is 9.31 Å². The van der Waals surface area contributed by atoms with E-state index in [2.05, 4.69) is 4.98 Å². The first-order valence-corrected chi connectivity index (χ1v) is 2.91. The molecule has 0 N–H and O–H groups in total. The third-order valence-corrected chi connectivity index (χ3v) is 1.07. The lowest BCUT2D eigenvalue weighted by molar-refractivity contribution is -0.497. The Balaban J connectivity index is 2.79. The second kappa shape index (κ2) is 3.05. The summed E-state index contributed by atoms with van der Waals surface area (Å²) >= 11 is 0. The summed E-state index contributed by atoms with van der Waals surface area (Å²) in [6.45, 7) is -0.433. The fraction of sp³-hybridized carbons (Fsp3) is 0.167. The third-order valence-electron chi connectivity index (χ3n) is 1.07. The van der Waals surface area contributed by atoms with E-state index in [1.807, 2.05) is 0 Å². The molecule has 11 heavy (non-hydrogen) atoms. The van der Waals surface area contributed by atoms with Crippen LogP contribution >= 0.6 is 0 Å². The number of pyridine rings is 1. The number of aromatic nitrogens is 1. The summed E-state index contributed by atoms with van der Waals surface area (Å²) in [7, 11) is 0. The summed E-state index contributed by atoms with van der Waals surface area (Å²) in [5.41, 5.74) is 0.134. The molecule has 0 bridgehead atoms. The van der Waals surface area contributed by atoms with Crippen LogP contribution in [-0.4, -0.2) is 9.91 Å². The molecule has 0 atom stereocenters. The van der Waals surface area contributed by atoms with Crippen LogP contribution in [0, 0.1) is 15.9 Å². The van der Waals surface area contributed by atoms with Crippen LogP contribution in [0.15, 0.2) is 18.3 Å². The van der Waals surface area contributed by atoms with Gasteiger partial charge in [-0.1, -0.05) is 0 Å². The lowest BCUT2D eigenvalue weighted by atomic mass is 10.3. The highest BCUT2D eigenvalue weighted by Crippen LogP contribution is 1.99. The molecule has 0 saturated heterocycles. The van der Waals surface area contributed by atoms with E-state index in [0.29, 0.717) is 0 Å². The van der Waals surface area contributed by atoms with Gasteiger partial charge in [-0.2, -0.15) is 0 Å². The molecule has 1 heterocycles. The summed E-state index contributed by atoms with van der Waals surface area (Å²) in [5.74, 6) is -0.503. The van der Waals surface area contributed by atoms with Crippen molar-refractivity contribution in [3.63, 3.8) is 0 Å². The fourth-order valence-corrected chi connectivity index (χ4v) is 0.667. The second-order valence-electron chi connectivity index (χ2n) is 1.96. The van der Waals surface area contributed by atoms with Gasteiger partial charge in [0.2, 0.25) is 6.54 Å². The SMILES string of the molecule is O=[N+]([O-])Cc1cc(F)ccn1. The van der Waals surface area contributed by atoms with Gasteiger partial charge in [0.15, 0.2) is 0 Å². The Hall–Kier alpha value is -1.52. The normalized spacial score (nSPS) is 9.55. The van der Waals surface area contributed by atoms with Crippen molar-refractivity contribution in [1.82, 2.24) is 4.98 Å². The molecule has 1 rings (SSSR count). The Bertz CT molecular complexity index is 277. The van der Waals surface area contributed by atoms with Gasteiger partial charge in [0, 0.05) is 17.2 Å². The average molecular weight is 156 g/mol. The monoisotopic (exact) mass is 156 g/mol. The van der Waals surface area contributed by atoms with Crippen molar-refractivity contribution in [2.24, 2.45) is 0 Å². The summed E-state index contributed by atoms with van der Waals surface area (Å²) in [6.07, 6.45) is 1.20. The maximum absolute atomic E-state index is 12.4. The number of rotatable bonds is 2. The van der Waals surface area contributed by atoms with Gasteiger partial charge in [-0.05, 0) is 6.07 Å². The molecule has 0 aromatic carbocycles. The summed E-state index contributed by atoms with van der Waals surface area (Å²) in [5, 5.41) is 9.92. The van der Waals surface area contributed by atoms with Crippen molar-refractivity contribution in [2.75, 3.05) is 0 Å². The molecule has 0 aliphatic carbocycles. The molecule has 0 aliphatic rings. The van der Waals surface area contributed by atoms with Crippen LogP contribution < -0.4 is 0 Å². The zero-order chi connectivity index (χ0) is 8.27. The standard InChI is InChI=1S/C6H5FN2O2/c7-5-1-2-8-6(3-5)4-9(10)11/h1-3H,4H2. The molecule has 0 unspecified atom stereocenters. The predicted molar refractivity (Wildman–Crippen MR) is 34.9 cm³/mol. The van der Waals surface area contributed by atoms with E-state index in [-0.39, 0.29) is 5.69 Å². The Labute approximate surface area is 61.8 Å². The van der Waals surface area contributed by atoms with Gasteiger partial charge in [-0.25, -0.2) is 4.39 Å². The first-order chi connectivity index (χ1) is 5.18. The van der Waals surface area contributed by atoms with E-state index in [4.69, 9.17) is 0 Å². The number of hydrogen-bond acceptors (Lipinski definition) is 3. The van der Waals surface area contributed by atoms with Crippen LogP contribution in [-0.2, 0) is 6.54 Å². The van der Waals surface area contributed by atoms with Crippen molar-refractivity contribution in [3.05, 3.63) is 40.0 Å². The summed E-state index contributed by atoms with van der Waals surface area (Å²) < 4.78 is 12.4. The zero-order valence-corrected chi connectivity index (χ0v) is 5.53. The van der Waals surface area contributed by atoms with E-state index < -0.39 is 17.3 Å². The van der Waals surface area contributed by atoms with Gasteiger partial charge in [-0.15, -0.1) is 0 Å². The molecule has 0 spiro atoms. The van der Waals surface area contributed by atoms with Crippen LogP contribution in [0.3, 0.4) is 0 Å². The van der Waals surface area contributed by atoms with Crippen LogP contribution in [0.25, 0.3) is 0 Å². The quantitative estimate of drug-likeness (QED) is 0.474. The molecule has 0 amide bonds. The van der Waals surface area contributed by atoms with E-state index in [1.54, 1.807) is 0 Å². The van der Waals surface area contributed by atoms with E-state index in [9.17, 15) is 14.5 Å². The van der Waals surface area contributed by atoms with Crippen molar-refractivity contribution in [2.45, 2.75) is 6.54 Å². The van der Waals surface area contributed by atoms with E-state index in [0.717, 1.165) is 12.1 Å². The number of halogens is 1. The molecule has 1 aromatic heterocycles. The van der Waals surface area contributed by atoms with Crippen molar-refractivity contribution in [1.29, 1.82) is 0 Å². The Morgan fingerprint density at radius 1 is 1.73 bits per heavy atom. The minimum Gasteiger partial charge on any atom is -0.264 e. The molecule has 0 saturated carbocycles. The molecule has 58 valence electrons. The molecule has 0 aliphatic heterocycles. The number of nitrogens with zero attached hydrogens (tertiary/aromatic N) is 2. The maximum Gasteiger partial charge on any atom is 0.245 e. The van der Waals surface area contributed by atoms with Gasteiger partial charge in [0.1, 0.15) is 11.5 Å². The van der Waals surface area contributed by atoms with Gasteiger partial charge in [0.25, 0.3) is 0 Å². The van der Waals surface area contributed by atoms with Crippen LogP contribution in [0.2, 0.25) is 0 Å². The first kappa shape index (κ1) is 7.59. The lowest BCUT2D eigenvalue weighted by Gasteiger charge is -1.92. The predicted octanol–water partition coefficient (Wildman–Crippen LogP) is 0.997. The molecule has 1 aromatic rings. The number of hydrogen-bond donors (Lipinski definition) is 0. The maximum atomic E-state index is 12.4. The number of nitro groups is 1. The lowest BCUT2D eigenvalue weighted by Crippen LogP contribution is -2.00. The highest BCUT2D eigenvalue weighted by atomic mass is 19.1. The minimum absolute atomic E-state index is 0.134. The smallest absolute Gasteiger partial charge is 0.245 e. The fourth-order valence-electron chi connectivity index (χ4n) is 0.667. The third kappa shape index (κ3) is 2.29. The zero-order valence-electron chi connectivity index (χ0n) is 5.53. The van der Waals surface area contributed by atoms with Gasteiger partial charge in [-0.3, -0.25) is 15.1 Å². The van der Waals surface area contributed by atoms with E-state index in [1.165, 1.54) is 6.20 Å². The summed E-state index contributed by atoms with van der Waals surface area (Å²) in [6, 6.07) is 2.19. The molecular formula is C6H5FN2O2. The van der Waals surface area contributed by atoms with Crippen LogP contribution in [0.1, 0.15) is 5.69 Å². The second-order valence-corrected chi connectivity index (χ2v) is 1.96. The topological polar surface area (TPSA) is 56.0 Å². The molecule has 0 radical (unpaired) electrons. The van der Waals surface area contributed by atoms with Crippen LogP contribution in [0.4, 0.5) is 4.39 Å². The van der Waals surface area contributed by atoms with Crippen LogP contribution in [0.5, 0.6) is 0 Å². The Kier molecular flexibility index (Phi) is 2.10. The Morgan fingerprint density at radius 2 is 2.45 bits per heavy atom. The largest absolute Gasteiger partial charge is 0.264 e. The minimum atomic E-state index is -0.554. The highest BCUT2D eigenvalue weighted by Gasteiger charge is 2.02. The molecule has 0 fully saturated rings. The highest BCUT2D eigenvalue weighted by molar-refractivity contribution is 5.04. The molecular weight excluding hydrogens is 151 g/mol.